The molecule has 4 heteroatoms. The fraction of sp³-hybridized carbons (Fsp3) is 0.889. The van der Waals surface area contributed by atoms with Gasteiger partial charge in [-0.1, -0.05) is 52.4 Å². The van der Waals surface area contributed by atoms with Crippen LogP contribution in [-0.2, 0) is 14.3 Å². The summed E-state index contributed by atoms with van der Waals surface area (Å²) in [6.45, 7) is 4.03. The Morgan fingerprint density at radius 3 is 1.91 bits per heavy atom. The van der Waals surface area contributed by atoms with Gasteiger partial charge in [0.2, 0.25) is 0 Å². The molecule has 22 heavy (non-hydrogen) atoms. The van der Waals surface area contributed by atoms with Crippen molar-refractivity contribution >= 4 is 11.9 Å². The zero-order valence-electron chi connectivity index (χ0n) is 14.4. The minimum absolute atomic E-state index is 0.0496. The van der Waals surface area contributed by atoms with Gasteiger partial charge in [0.05, 0.1) is 0 Å². The second-order valence-corrected chi connectivity index (χ2v) is 6.01. The number of ether oxygens (including phenoxy) is 1. The van der Waals surface area contributed by atoms with Gasteiger partial charge in [0, 0.05) is 12.8 Å². The van der Waals surface area contributed by atoms with Crippen LogP contribution in [0.5, 0.6) is 0 Å². The van der Waals surface area contributed by atoms with Gasteiger partial charge in [-0.2, -0.15) is 0 Å². The lowest BCUT2D eigenvalue weighted by atomic mass is 10.0. The van der Waals surface area contributed by atoms with Crippen LogP contribution in [0.2, 0.25) is 0 Å². The van der Waals surface area contributed by atoms with Crippen LogP contribution in [0.3, 0.4) is 0 Å². The molecular weight excluding hydrogens is 280 g/mol. The summed E-state index contributed by atoms with van der Waals surface area (Å²) in [7, 11) is 0. The molecule has 0 aromatic carbocycles. The van der Waals surface area contributed by atoms with E-state index in [2.05, 4.69) is 6.92 Å². The molecule has 130 valence electrons. The average molecular weight is 314 g/mol. The summed E-state index contributed by atoms with van der Waals surface area (Å²) in [5, 5.41) is 8.59. The molecule has 0 saturated heterocycles. The molecular formula is C18H34O4. The van der Waals surface area contributed by atoms with E-state index in [0.717, 1.165) is 44.9 Å². The van der Waals surface area contributed by atoms with Crippen molar-refractivity contribution < 1.29 is 19.4 Å². The maximum absolute atomic E-state index is 11.5. The standard InChI is InChI=1S/C18H34O4/c1-3-5-6-7-10-13-16(22-18(21)4-2)14-11-8-9-12-15-17(19)20/h16H,3-15H2,1-2H3,(H,19,20). The van der Waals surface area contributed by atoms with Crippen molar-refractivity contribution in [1.29, 1.82) is 0 Å². The Balaban J connectivity index is 3.82. The smallest absolute Gasteiger partial charge is 0.305 e. The highest BCUT2D eigenvalue weighted by molar-refractivity contribution is 5.69. The molecule has 0 aliphatic rings. The molecule has 0 radical (unpaired) electrons. The van der Waals surface area contributed by atoms with Crippen LogP contribution >= 0.6 is 0 Å². The number of rotatable bonds is 15. The van der Waals surface area contributed by atoms with E-state index in [9.17, 15) is 9.59 Å². The van der Waals surface area contributed by atoms with Crippen LogP contribution in [0.4, 0.5) is 0 Å². The number of esters is 1. The van der Waals surface area contributed by atoms with Gasteiger partial charge in [-0.05, 0) is 32.1 Å². The van der Waals surface area contributed by atoms with E-state index in [-0.39, 0.29) is 18.5 Å². The summed E-state index contributed by atoms with van der Waals surface area (Å²) in [5.41, 5.74) is 0. The minimum atomic E-state index is -0.721. The summed E-state index contributed by atoms with van der Waals surface area (Å²) in [4.78, 5) is 21.9. The van der Waals surface area contributed by atoms with Crippen molar-refractivity contribution in [3.8, 4) is 0 Å². The summed E-state index contributed by atoms with van der Waals surface area (Å²) < 4.78 is 5.52. The second-order valence-electron chi connectivity index (χ2n) is 6.01. The van der Waals surface area contributed by atoms with Crippen molar-refractivity contribution in [1.82, 2.24) is 0 Å². The van der Waals surface area contributed by atoms with Crippen molar-refractivity contribution in [2.24, 2.45) is 0 Å². The Labute approximate surface area is 135 Å². The van der Waals surface area contributed by atoms with E-state index in [1.807, 2.05) is 6.92 Å². The number of carbonyl (C=O) groups is 2. The van der Waals surface area contributed by atoms with E-state index >= 15 is 0 Å². The minimum Gasteiger partial charge on any atom is -0.481 e. The number of carboxylic acids is 1. The second kappa shape index (κ2) is 14.9. The van der Waals surface area contributed by atoms with Gasteiger partial charge in [-0.3, -0.25) is 9.59 Å². The summed E-state index contributed by atoms with van der Waals surface area (Å²) in [5.74, 6) is -0.828. The summed E-state index contributed by atoms with van der Waals surface area (Å²) in [6, 6.07) is 0. The number of unbranched alkanes of at least 4 members (excludes halogenated alkanes) is 7. The molecule has 0 aliphatic heterocycles. The summed E-state index contributed by atoms with van der Waals surface area (Å²) in [6.07, 6.45) is 12.4. The van der Waals surface area contributed by atoms with Gasteiger partial charge in [0.1, 0.15) is 6.10 Å². The van der Waals surface area contributed by atoms with Crippen LogP contribution in [0.1, 0.15) is 97.3 Å². The van der Waals surface area contributed by atoms with Crippen LogP contribution in [0.15, 0.2) is 0 Å². The lowest BCUT2D eigenvalue weighted by molar-refractivity contribution is -0.149. The van der Waals surface area contributed by atoms with Gasteiger partial charge in [-0.25, -0.2) is 0 Å². The number of carbonyl (C=O) groups excluding carboxylic acids is 1. The number of carboxylic acid groups (broad SMARTS) is 1. The molecule has 0 saturated carbocycles. The number of aliphatic carboxylic acids is 1. The highest BCUT2D eigenvalue weighted by atomic mass is 16.5. The maximum atomic E-state index is 11.5. The topological polar surface area (TPSA) is 63.6 Å². The molecule has 1 N–H and O–H groups in total. The Hall–Kier alpha value is -1.06. The Kier molecular flexibility index (Phi) is 14.1. The van der Waals surface area contributed by atoms with Gasteiger partial charge in [-0.15, -0.1) is 0 Å². The van der Waals surface area contributed by atoms with Gasteiger partial charge in [0.25, 0.3) is 0 Å². The van der Waals surface area contributed by atoms with Crippen LogP contribution in [0, 0.1) is 0 Å². The lowest BCUT2D eigenvalue weighted by Gasteiger charge is -2.17. The van der Waals surface area contributed by atoms with Crippen LogP contribution < -0.4 is 0 Å². The van der Waals surface area contributed by atoms with Crippen molar-refractivity contribution in [2.75, 3.05) is 0 Å². The summed E-state index contributed by atoms with van der Waals surface area (Å²) >= 11 is 0. The fourth-order valence-electron chi connectivity index (χ4n) is 2.51. The largest absolute Gasteiger partial charge is 0.481 e. The maximum Gasteiger partial charge on any atom is 0.305 e. The van der Waals surface area contributed by atoms with E-state index < -0.39 is 5.97 Å². The first kappa shape index (κ1) is 20.9. The first-order chi connectivity index (χ1) is 10.6. The highest BCUT2D eigenvalue weighted by Gasteiger charge is 2.13. The normalized spacial score (nSPS) is 12.1. The first-order valence-corrected chi connectivity index (χ1v) is 9.01. The predicted molar refractivity (Wildman–Crippen MR) is 88.9 cm³/mol. The fourth-order valence-corrected chi connectivity index (χ4v) is 2.51. The third-order valence-electron chi connectivity index (χ3n) is 3.88. The monoisotopic (exact) mass is 314 g/mol. The average Bonchev–Trinajstić information content (AvgIpc) is 2.49. The van der Waals surface area contributed by atoms with Gasteiger partial charge in [0.15, 0.2) is 0 Å². The third kappa shape index (κ3) is 13.9. The third-order valence-corrected chi connectivity index (χ3v) is 3.88. The molecule has 1 atom stereocenters. The molecule has 0 amide bonds. The molecule has 0 spiro atoms. The van der Waals surface area contributed by atoms with Crippen molar-refractivity contribution in [2.45, 2.75) is 103 Å². The molecule has 0 heterocycles. The van der Waals surface area contributed by atoms with E-state index in [1.54, 1.807) is 0 Å². The first-order valence-electron chi connectivity index (χ1n) is 9.01. The highest BCUT2D eigenvalue weighted by Crippen LogP contribution is 2.16. The lowest BCUT2D eigenvalue weighted by Crippen LogP contribution is -2.17. The SMILES string of the molecule is CCCCCCCC(CCCCCCC(=O)O)OC(=O)CC. The Bertz CT molecular complexity index is 289. The molecule has 0 aliphatic carbocycles. The molecule has 0 aromatic heterocycles. The Morgan fingerprint density at radius 2 is 1.41 bits per heavy atom. The van der Waals surface area contributed by atoms with Crippen LogP contribution in [0.25, 0.3) is 0 Å². The Morgan fingerprint density at radius 1 is 0.864 bits per heavy atom. The van der Waals surface area contributed by atoms with Gasteiger partial charge >= 0.3 is 11.9 Å². The molecule has 4 nitrogen and oxygen atoms in total. The van der Waals surface area contributed by atoms with Crippen LogP contribution in [-0.4, -0.2) is 23.1 Å². The van der Waals surface area contributed by atoms with Gasteiger partial charge < -0.3 is 9.84 Å². The van der Waals surface area contributed by atoms with Crippen molar-refractivity contribution in [3.63, 3.8) is 0 Å². The molecule has 0 aromatic rings. The molecule has 1 unspecified atom stereocenters. The van der Waals surface area contributed by atoms with Crippen molar-refractivity contribution in [3.05, 3.63) is 0 Å². The zero-order chi connectivity index (χ0) is 16.6. The molecule has 0 rings (SSSR count). The quantitative estimate of drug-likeness (QED) is 0.337. The van der Waals surface area contributed by atoms with E-state index in [1.165, 1.54) is 25.7 Å². The van der Waals surface area contributed by atoms with E-state index in [4.69, 9.17) is 9.84 Å². The van der Waals surface area contributed by atoms with E-state index in [0.29, 0.717) is 6.42 Å². The molecule has 0 fully saturated rings. The molecule has 0 bridgehead atoms. The number of hydrogen-bond acceptors (Lipinski definition) is 3. The number of hydrogen-bond donors (Lipinski definition) is 1. The zero-order valence-corrected chi connectivity index (χ0v) is 14.4. The predicted octanol–water partition coefficient (Wildman–Crippen LogP) is 5.09.